The molecule has 1 rings (SSSR count). The van der Waals surface area contributed by atoms with Gasteiger partial charge in [0, 0.05) is 32.4 Å². The molecule has 3 N–H and O–H groups in total. The lowest BCUT2D eigenvalue weighted by atomic mass is 10.4. The minimum absolute atomic E-state index is 0.0586. The van der Waals surface area contributed by atoms with E-state index in [4.69, 9.17) is 5.73 Å². The summed E-state index contributed by atoms with van der Waals surface area (Å²) in [6.07, 6.45) is 0.632. The second-order valence-corrected chi connectivity index (χ2v) is 7.26. The smallest absolute Gasteiger partial charge is 0.270 e. The molecule has 0 radical (unpaired) electrons. The number of nitrogens with zero attached hydrogens (tertiary/aromatic N) is 2. The Morgan fingerprint density at radius 1 is 1.53 bits per heavy atom. The molecule has 0 aromatic carbocycles. The Morgan fingerprint density at radius 2 is 2.21 bits per heavy atom. The molecule has 0 aliphatic heterocycles. The largest absolute Gasteiger partial charge is 0.350 e. The Bertz CT molecular complexity index is 525. The first-order valence-corrected chi connectivity index (χ1v) is 8.18. The van der Waals surface area contributed by atoms with E-state index >= 15 is 0 Å². The SMILES string of the molecule is CN(C)S(=O)(=O)CCNC(=O)c1csc(CCN)n1. The zero-order valence-corrected chi connectivity index (χ0v) is 12.6. The Hall–Kier alpha value is -1.03. The van der Waals surface area contributed by atoms with Gasteiger partial charge < -0.3 is 11.1 Å². The zero-order chi connectivity index (χ0) is 14.5. The molecular weight excluding hydrogens is 288 g/mol. The molecule has 1 aromatic heterocycles. The molecule has 0 bridgehead atoms. The molecule has 0 spiro atoms. The maximum atomic E-state index is 11.7. The molecule has 9 heteroatoms. The lowest BCUT2D eigenvalue weighted by Crippen LogP contribution is -2.34. The average molecular weight is 306 g/mol. The molecular formula is C10H18N4O3S2. The van der Waals surface area contributed by atoms with Crippen LogP contribution in [0.2, 0.25) is 0 Å². The van der Waals surface area contributed by atoms with Crippen molar-refractivity contribution in [2.75, 3.05) is 32.9 Å². The Morgan fingerprint density at radius 3 is 2.79 bits per heavy atom. The number of nitrogens with two attached hydrogens (primary N) is 1. The van der Waals surface area contributed by atoms with Gasteiger partial charge in [0.1, 0.15) is 5.69 Å². The zero-order valence-electron chi connectivity index (χ0n) is 10.9. The highest BCUT2D eigenvalue weighted by Gasteiger charge is 2.15. The van der Waals surface area contributed by atoms with Crippen molar-refractivity contribution in [2.24, 2.45) is 5.73 Å². The van der Waals surface area contributed by atoms with Crippen molar-refractivity contribution >= 4 is 27.3 Å². The van der Waals surface area contributed by atoms with Crippen LogP contribution < -0.4 is 11.1 Å². The van der Waals surface area contributed by atoms with Crippen molar-refractivity contribution in [3.8, 4) is 0 Å². The monoisotopic (exact) mass is 306 g/mol. The fraction of sp³-hybridized carbons (Fsp3) is 0.600. The predicted molar refractivity (Wildman–Crippen MR) is 74.7 cm³/mol. The van der Waals surface area contributed by atoms with Gasteiger partial charge in [-0.25, -0.2) is 17.7 Å². The van der Waals surface area contributed by atoms with Crippen LogP contribution >= 0.6 is 11.3 Å². The molecule has 0 aliphatic rings. The number of carbonyl (C=O) groups excluding carboxylic acids is 1. The predicted octanol–water partition coefficient (Wildman–Crippen LogP) is -0.734. The molecule has 7 nitrogen and oxygen atoms in total. The molecule has 1 amide bonds. The summed E-state index contributed by atoms with van der Waals surface area (Å²) in [4.78, 5) is 15.8. The van der Waals surface area contributed by atoms with E-state index in [2.05, 4.69) is 10.3 Å². The first-order valence-electron chi connectivity index (χ1n) is 5.69. The third kappa shape index (κ3) is 4.86. The highest BCUT2D eigenvalue weighted by atomic mass is 32.2. The van der Waals surface area contributed by atoms with Crippen molar-refractivity contribution in [3.63, 3.8) is 0 Å². The molecule has 0 fully saturated rings. The first-order chi connectivity index (χ1) is 8.86. The molecule has 19 heavy (non-hydrogen) atoms. The summed E-state index contributed by atoms with van der Waals surface area (Å²) >= 11 is 1.37. The van der Waals surface area contributed by atoms with Crippen molar-refractivity contribution in [2.45, 2.75) is 6.42 Å². The van der Waals surface area contributed by atoms with Gasteiger partial charge in [-0.3, -0.25) is 4.79 Å². The van der Waals surface area contributed by atoms with Crippen molar-refractivity contribution in [1.29, 1.82) is 0 Å². The van der Waals surface area contributed by atoms with Crippen LogP contribution in [0.3, 0.4) is 0 Å². The summed E-state index contributed by atoms with van der Waals surface area (Å²) < 4.78 is 24.1. The first kappa shape index (κ1) is 16.0. The number of aromatic nitrogens is 1. The number of thiazole rings is 1. The Labute approximate surface area is 116 Å². The van der Waals surface area contributed by atoms with Gasteiger partial charge in [-0.1, -0.05) is 0 Å². The summed E-state index contributed by atoms with van der Waals surface area (Å²) in [7, 11) is -0.385. The van der Waals surface area contributed by atoms with E-state index in [1.807, 2.05) is 0 Å². The molecule has 0 saturated carbocycles. The average Bonchev–Trinajstić information content (AvgIpc) is 2.77. The van der Waals surface area contributed by atoms with E-state index < -0.39 is 10.0 Å². The minimum Gasteiger partial charge on any atom is -0.350 e. The van der Waals surface area contributed by atoms with Crippen LogP contribution in [0.15, 0.2) is 5.38 Å². The van der Waals surface area contributed by atoms with Crippen LogP contribution in [0, 0.1) is 0 Å². The van der Waals surface area contributed by atoms with Crippen LogP contribution in [-0.4, -0.2) is 56.6 Å². The van der Waals surface area contributed by atoms with Gasteiger partial charge in [-0.15, -0.1) is 11.3 Å². The fourth-order valence-electron chi connectivity index (χ4n) is 1.22. The Kier molecular flexibility index (Phi) is 5.85. The second kappa shape index (κ2) is 6.94. The standard InChI is InChI=1S/C10H18N4O3S2/c1-14(2)19(16,17)6-5-12-10(15)8-7-18-9(13-8)3-4-11/h7H,3-6,11H2,1-2H3,(H,12,15). The third-order valence-corrected chi connectivity index (χ3v) is 5.09. The summed E-state index contributed by atoms with van der Waals surface area (Å²) in [6.45, 7) is 0.540. The number of hydrogen-bond acceptors (Lipinski definition) is 6. The van der Waals surface area contributed by atoms with Gasteiger partial charge in [0.25, 0.3) is 5.91 Å². The fourth-order valence-corrected chi connectivity index (χ4v) is 2.74. The number of amides is 1. The maximum absolute atomic E-state index is 11.7. The number of sulfonamides is 1. The van der Waals surface area contributed by atoms with Crippen molar-refractivity contribution < 1.29 is 13.2 Å². The lowest BCUT2D eigenvalue weighted by molar-refractivity contribution is 0.0951. The van der Waals surface area contributed by atoms with E-state index in [1.165, 1.54) is 25.4 Å². The summed E-state index contributed by atoms with van der Waals surface area (Å²) in [5, 5.41) is 4.97. The van der Waals surface area contributed by atoms with Gasteiger partial charge in [0.05, 0.1) is 10.8 Å². The second-order valence-electron chi connectivity index (χ2n) is 4.02. The van der Waals surface area contributed by atoms with Crippen molar-refractivity contribution in [1.82, 2.24) is 14.6 Å². The summed E-state index contributed by atoms with van der Waals surface area (Å²) in [6, 6.07) is 0. The number of rotatable bonds is 7. The molecule has 108 valence electrons. The van der Waals surface area contributed by atoms with Gasteiger partial charge in [0.2, 0.25) is 10.0 Å². The molecule has 1 heterocycles. The number of hydrogen-bond donors (Lipinski definition) is 2. The van der Waals surface area contributed by atoms with E-state index in [-0.39, 0.29) is 18.2 Å². The summed E-state index contributed by atoms with van der Waals surface area (Å²) in [5.74, 6) is -0.501. The van der Waals surface area contributed by atoms with Crippen LogP contribution in [-0.2, 0) is 16.4 Å². The molecule has 0 unspecified atom stereocenters. The van der Waals surface area contributed by atoms with E-state index in [1.54, 1.807) is 5.38 Å². The molecule has 0 saturated heterocycles. The van der Waals surface area contributed by atoms with Gasteiger partial charge >= 0.3 is 0 Å². The topological polar surface area (TPSA) is 105 Å². The van der Waals surface area contributed by atoms with E-state index in [9.17, 15) is 13.2 Å². The van der Waals surface area contributed by atoms with E-state index in [0.717, 1.165) is 9.31 Å². The van der Waals surface area contributed by atoms with E-state index in [0.29, 0.717) is 18.7 Å². The molecule has 0 atom stereocenters. The van der Waals surface area contributed by atoms with Gasteiger partial charge in [-0.2, -0.15) is 0 Å². The maximum Gasteiger partial charge on any atom is 0.270 e. The number of carbonyl (C=O) groups is 1. The molecule has 0 aliphatic carbocycles. The quantitative estimate of drug-likeness (QED) is 0.690. The lowest BCUT2D eigenvalue weighted by Gasteiger charge is -2.11. The third-order valence-electron chi connectivity index (χ3n) is 2.34. The number of nitrogens with one attached hydrogen (secondary N) is 1. The van der Waals surface area contributed by atoms with Crippen molar-refractivity contribution in [3.05, 3.63) is 16.1 Å². The normalized spacial score (nSPS) is 11.8. The van der Waals surface area contributed by atoms with Gasteiger partial charge in [0.15, 0.2) is 0 Å². The van der Waals surface area contributed by atoms with Crippen LogP contribution in [0.5, 0.6) is 0 Å². The molecule has 1 aromatic rings. The van der Waals surface area contributed by atoms with Crippen LogP contribution in [0.25, 0.3) is 0 Å². The highest BCUT2D eigenvalue weighted by Crippen LogP contribution is 2.09. The van der Waals surface area contributed by atoms with Crippen LogP contribution in [0.1, 0.15) is 15.5 Å². The van der Waals surface area contributed by atoms with Crippen LogP contribution in [0.4, 0.5) is 0 Å². The summed E-state index contributed by atoms with van der Waals surface area (Å²) in [5.41, 5.74) is 5.70. The highest BCUT2D eigenvalue weighted by molar-refractivity contribution is 7.89. The van der Waals surface area contributed by atoms with Gasteiger partial charge in [-0.05, 0) is 6.54 Å². The minimum atomic E-state index is -3.30. The Balaban J connectivity index is 2.47.